The monoisotopic (exact) mass is 267 g/mol. The van der Waals surface area contributed by atoms with Gasteiger partial charge in [-0.2, -0.15) is 0 Å². The zero-order chi connectivity index (χ0) is 14.2. The van der Waals surface area contributed by atoms with Crippen molar-refractivity contribution in [3.05, 3.63) is 65.5 Å². The maximum absolute atomic E-state index is 11.8. The summed E-state index contributed by atoms with van der Waals surface area (Å²) in [5.74, 6) is -0.0680. The molecule has 0 aliphatic carbocycles. The van der Waals surface area contributed by atoms with Crippen molar-refractivity contribution in [2.24, 2.45) is 4.99 Å². The van der Waals surface area contributed by atoms with E-state index in [1.807, 2.05) is 43.3 Å². The third-order valence-corrected chi connectivity index (χ3v) is 2.76. The number of benzene rings is 1. The highest BCUT2D eigenvalue weighted by atomic mass is 16.1. The van der Waals surface area contributed by atoms with Crippen LogP contribution in [0.3, 0.4) is 0 Å². The van der Waals surface area contributed by atoms with Crippen LogP contribution >= 0.6 is 0 Å². The molecule has 4 nitrogen and oxygen atoms in total. The lowest BCUT2D eigenvalue weighted by Gasteiger charge is -2.03. The summed E-state index contributed by atoms with van der Waals surface area (Å²) in [6.45, 7) is 3.06. The predicted octanol–water partition coefficient (Wildman–Crippen LogP) is 2.24. The molecule has 2 aromatic rings. The van der Waals surface area contributed by atoms with Crippen LogP contribution in [0, 0.1) is 6.92 Å². The van der Waals surface area contributed by atoms with E-state index in [-0.39, 0.29) is 5.91 Å². The lowest BCUT2D eigenvalue weighted by molar-refractivity contribution is 0.0955. The summed E-state index contributed by atoms with van der Waals surface area (Å²) < 4.78 is 0. The minimum absolute atomic E-state index is 0.0680. The van der Waals surface area contributed by atoms with Gasteiger partial charge in [-0.3, -0.25) is 14.8 Å². The first-order valence-corrected chi connectivity index (χ1v) is 6.50. The number of aliphatic imine (C=N–C) groups is 1. The first-order valence-electron chi connectivity index (χ1n) is 6.50. The smallest absolute Gasteiger partial charge is 0.251 e. The van der Waals surface area contributed by atoms with Gasteiger partial charge in [-0.15, -0.1) is 0 Å². The molecule has 0 atom stereocenters. The molecule has 1 aromatic carbocycles. The van der Waals surface area contributed by atoms with Crippen LogP contribution in [0.4, 0.5) is 0 Å². The van der Waals surface area contributed by atoms with Crippen molar-refractivity contribution in [2.45, 2.75) is 6.92 Å². The Morgan fingerprint density at radius 2 is 2.10 bits per heavy atom. The van der Waals surface area contributed by atoms with E-state index in [9.17, 15) is 4.79 Å². The zero-order valence-electron chi connectivity index (χ0n) is 11.4. The number of pyridine rings is 1. The standard InChI is InChI=1S/C16H17N3O/c1-13-4-6-15(7-5-13)16(20)19-10-9-18-12-14-3-2-8-17-11-14/h2-8,11-12H,9-10H2,1H3,(H,19,20). The van der Waals surface area contributed by atoms with Gasteiger partial charge in [-0.25, -0.2) is 0 Å². The summed E-state index contributed by atoms with van der Waals surface area (Å²) in [5.41, 5.74) is 2.77. The number of amides is 1. The van der Waals surface area contributed by atoms with Gasteiger partial charge in [0.25, 0.3) is 5.91 Å². The molecule has 20 heavy (non-hydrogen) atoms. The quantitative estimate of drug-likeness (QED) is 0.667. The molecule has 1 N–H and O–H groups in total. The van der Waals surface area contributed by atoms with Crippen molar-refractivity contribution in [2.75, 3.05) is 13.1 Å². The van der Waals surface area contributed by atoms with Crippen molar-refractivity contribution in [1.29, 1.82) is 0 Å². The largest absolute Gasteiger partial charge is 0.350 e. The number of nitrogens with zero attached hydrogens (tertiary/aromatic N) is 2. The van der Waals surface area contributed by atoms with E-state index >= 15 is 0 Å². The van der Waals surface area contributed by atoms with Crippen molar-refractivity contribution >= 4 is 12.1 Å². The Morgan fingerprint density at radius 1 is 1.30 bits per heavy atom. The molecule has 0 spiro atoms. The molecule has 0 bridgehead atoms. The number of nitrogens with one attached hydrogen (secondary N) is 1. The van der Waals surface area contributed by atoms with Gasteiger partial charge in [0.15, 0.2) is 0 Å². The molecule has 0 aliphatic heterocycles. The molecule has 2 rings (SSSR count). The van der Waals surface area contributed by atoms with Crippen LogP contribution < -0.4 is 5.32 Å². The van der Waals surface area contributed by atoms with E-state index in [0.29, 0.717) is 18.7 Å². The number of aryl methyl sites for hydroxylation is 1. The van der Waals surface area contributed by atoms with Crippen LogP contribution in [0.2, 0.25) is 0 Å². The average Bonchev–Trinajstić information content (AvgIpc) is 2.48. The molecule has 1 heterocycles. The van der Waals surface area contributed by atoms with Crippen LogP contribution in [0.5, 0.6) is 0 Å². The van der Waals surface area contributed by atoms with Crippen molar-refractivity contribution in [3.63, 3.8) is 0 Å². The van der Waals surface area contributed by atoms with Crippen LogP contribution in [0.25, 0.3) is 0 Å². The van der Waals surface area contributed by atoms with Crippen LogP contribution in [0.1, 0.15) is 21.5 Å². The van der Waals surface area contributed by atoms with Crippen molar-refractivity contribution in [1.82, 2.24) is 10.3 Å². The molecule has 0 radical (unpaired) electrons. The Bertz CT molecular complexity index is 576. The lowest BCUT2D eigenvalue weighted by Crippen LogP contribution is -2.25. The molecular weight excluding hydrogens is 250 g/mol. The number of carbonyl (C=O) groups is 1. The molecule has 0 saturated carbocycles. The molecule has 1 amide bonds. The number of hydrogen-bond acceptors (Lipinski definition) is 3. The molecule has 1 aromatic heterocycles. The third-order valence-electron chi connectivity index (χ3n) is 2.76. The fourth-order valence-corrected chi connectivity index (χ4v) is 1.66. The maximum Gasteiger partial charge on any atom is 0.251 e. The van der Waals surface area contributed by atoms with E-state index in [0.717, 1.165) is 11.1 Å². The van der Waals surface area contributed by atoms with E-state index in [2.05, 4.69) is 15.3 Å². The Kier molecular flexibility index (Phi) is 5.00. The highest BCUT2D eigenvalue weighted by Gasteiger charge is 2.02. The molecule has 0 aliphatic rings. The molecule has 0 fully saturated rings. The number of aromatic nitrogens is 1. The first kappa shape index (κ1) is 13.9. The minimum Gasteiger partial charge on any atom is -0.350 e. The highest BCUT2D eigenvalue weighted by Crippen LogP contribution is 2.02. The van der Waals surface area contributed by atoms with Gasteiger partial charge < -0.3 is 5.32 Å². The normalized spacial score (nSPS) is 10.7. The second kappa shape index (κ2) is 7.19. The zero-order valence-corrected chi connectivity index (χ0v) is 11.4. The molecule has 4 heteroatoms. The second-order valence-electron chi connectivity index (χ2n) is 4.44. The van der Waals surface area contributed by atoms with E-state index in [1.165, 1.54) is 0 Å². The van der Waals surface area contributed by atoms with Crippen LogP contribution in [-0.4, -0.2) is 30.2 Å². The van der Waals surface area contributed by atoms with E-state index in [4.69, 9.17) is 0 Å². The minimum atomic E-state index is -0.0680. The number of rotatable bonds is 5. The molecule has 102 valence electrons. The van der Waals surface area contributed by atoms with Gasteiger partial charge in [0.05, 0.1) is 6.54 Å². The summed E-state index contributed by atoms with van der Waals surface area (Å²) in [5, 5.41) is 2.84. The van der Waals surface area contributed by atoms with Crippen molar-refractivity contribution < 1.29 is 4.79 Å². The fraction of sp³-hybridized carbons (Fsp3) is 0.188. The van der Waals surface area contributed by atoms with E-state index < -0.39 is 0 Å². The fourth-order valence-electron chi connectivity index (χ4n) is 1.66. The summed E-state index contributed by atoms with van der Waals surface area (Å²) in [7, 11) is 0. The van der Waals surface area contributed by atoms with Crippen LogP contribution in [0.15, 0.2) is 53.8 Å². The van der Waals surface area contributed by atoms with Crippen molar-refractivity contribution in [3.8, 4) is 0 Å². The summed E-state index contributed by atoms with van der Waals surface area (Å²) in [6, 6.07) is 11.3. The third kappa shape index (κ3) is 4.31. The van der Waals surface area contributed by atoms with Gasteiger partial charge in [0.2, 0.25) is 0 Å². The first-order chi connectivity index (χ1) is 9.75. The molecule has 0 saturated heterocycles. The SMILES string of the molecule is Cc1ccc(C(=O)NCCN=Cc2cccnc2)cc1. The Hall–Kier alpha value is -2.49. The number of carbonyl (C=O) groups excluding carboxylic acids is 1. The predicted molar refractivity (Wildman–Crippen MR) is 80.2 cm³/mol. The van der Waals surface area contributed by atoms with Crippen LogP contribution in [-0.2, 0) is 0 Å². The second-order valence-corrected chi connectivity index (χ2v) is 4.44. The highest BCUT2D eigenvalue weighted by molar-refractivity contribution is 5.94. The molecular formula is C16H17N3O. The summed E-state index contributed by atoms with van der Waals surface area (Å²) in [6.07, 6.45) is 5.22. The summed E-state index contributed by atoms with van der Waals surface area (Å²) >= 11 is 0. The Morgan fingerprint density at radius 3 is 2.80 bits per heavy atom. The Labute approximate surface area is 118 Å². The van der Waals surface area contributed by atoms with Gasteiger partial charge in [-0.05, 0) is 25.1 Å². The summed E-state index contributed by atoms with van der Waals surface area (Å²) in [4.78, 5) is 20.1. The number of hydrogen-bond donors (Lipinski definition) is 1. The Balaban J connectivity index is 1.74. The maximum atomic E-state index is 11.8. The topological polar surface area (TPSA) is 54.4 Å². The average molecular weight is 267 g/mol. The lowest BCUT2D eigenvalue weighted by atomic mass is 10.1. The van der Waals surface area contributed by atoms with Gasteiger partial charge in [0.1, 0.15) is 0 Å². The van der Waals surface area contributed by atoms with Gasteiger partial charge >= 0.3 is 0 Å². The van der Waals surface area contributed by atoms with Gasteiger partial charge in [0, 0.05) is 36.3 Å². The van der Waals surface area contributed by atoms with Gasteiger partial charge in [-0.1, -0.05) is 23.8 Å². The molecule has 0 unspecified atom stereocenters. The van der Waals surface area contributed by atoms with E-state index in [1.54, 1.807) is 18.6 Å².